The van der Waals surface area contributed by atoms with Crippen LogP contribution in [0.5, 0.6) is 0 Å². The van der Waals surface area contributed by atoms with Gasteiger partial charge in [0.25, 0.3) is 0 Å². The van der Waals surface area contributed by atoms with E-state index in [-0.39, 0.29) is 35.7 Å². The first kappa shape index (κ1) is 22.0. The minimum Gasteiger partial charge on any atom is -0.374 e. The Kier molecular flexibility index (Phi) is 7.67. The Morgan fingerprint density at radius 3 is 2.73 bits per heavy atom. The van der Waals surface area contributed by atoms with E-state index in [1.54, 1.807) is 7.11 Å². The molecule has 2 N–H and O–H groups in total. The highest BCUT2D eigenvalue weighted by molar-refractivity contribution is 6.20. The molecular weight excluding hydrogens is 398 g/mol. The van der Waals surface area contributed by atoms with Crippen LogP contribution in [-0.4, -0.2) is 50.1 Å². The minimum atomic E-state index is -0.0628. The molecule has 6 heteroatoms. The smallest absolute Gasteiger partial charge is 0.106 e. The van der Waals surface area contributed by atoms with Gasteiger partial charge in [0.05, 0.1) is 18.8 Å². The predicted molar refractivity (Wildman–Crippen MR) is 119 cm³/mol. The first-order chi connectivity index (χ1) is 14.7. The average molecular weight is 432 g/mol. The summed E-state index contributed by atoms with van der Waals surface area (Å²) in [4.78, 5) is 0. The van der Waals surface area contributed by atoms with Crippen LogP contribution in [0.2, 0.25) is 0 Å². The fourth-order valence-corrected chi connectivity index (χ4v) is 5.24. The number of rotatable bonds is 6. The van der Waals surface area contributed by atoms with Gasteiger partial charge in [-0.05, 0) is 68.1 Å². The first-order valence-electron chi connectivity index (χ1n) is 11.4. The molecule has 1 saturated heterocycles. The van der Waals surface area contributed by atoms with Crippen LogP contribution in [0.3, 0.4) is 0 Å². The monoisotopic (exact) mass is 431 g/mol. The van der Waals surface area contributed by atoms with Gasteiger partial charge in [-0.3, -0.25) is 10.6 Å². The van der Waals surface area contributed by atoms with E-state index >= 15 is 0 Å². The summed E-state index contributed by atoms with van der Waals surface area (Å²) in [5.41, 5.74) is 2.70. The first-order valence-corrected chi connectivity index (χ1v) is 11.9. The number of nitrogens with one attached hydrogen (secondary N) is 2. The third kappa shape index (κ3) is 5.36. The largest absolute Gasteiger partial charge is 0.374 e. The number of halogens is 1. The number of nitrogens with zero attached hydrogens (tertiary/aromatic N) is 1. The lowest BCUT2D eigenvalue weighted by atomic mass is 9.83. The van der Waals surface area contributed by atoms with E-state index in [4.69, 9.17) is 26.3 Å². The Balaban J connectivity index is 1.28. The molecule has 4 unspecified atom stereocenters. The van der Waals surface area contributed by atoms with Crippen molar-refractivity contribution < 1.29 is 9.47 Å². The van der Waals surface area contributed by atoms with Crippen LogP contribution in [0.25, 0.3) is 0 Å². The van der Waals surface area contributed by atoms with Crippen LogP contribution in [0, 0.1) is 23.2 Å². The molecule has 1 aliphatic heterocycles. The minimum absolute atomic E-state index is 0.0423. The molecule has 0 aromatic carbocycles. The third-order valence-corrected chi connectivity index (χ3v) is 7.43. The van der Waals surface area contributed by atoms with Gasteiger partial charge < -0.3 is 9.47 Å². The Bertz CT molecular complexity index is 720. The summed E-state index contributed by atoms with van der Waals surface area (Å²) in [5.74, 6) is 0.800. The molecular formula is C24H34ClN3O2. The van der Waals surface area contributed by atoms with E-state index in [2.05, 4.69) is 41.0 Å². The number of hydrogen-bond acceptors (Lipinski definition) is 5. The highest BCUT2D eigenvalue weighted by Gasteiger charge is 2.32. The van der Waals surface area contributed by atoms with E-state index in [1.807, 2.05) is 0 Å². The SMILES string of the molecule is COC1C=C(C2CNC(C3=CCC(Cl)CC3)N2)C=C[C@H]1OCC1CCC(C#N)CC1. The molecule has 0 aromatic heterocycles. The lowest BCUT2D eigenvalue weighted by Gasteiger charge is -2.30. The van der Waals surface area contributed by atoms with Gasteiger partial charge in [-0.15, -0.1) is 11.6 Å². The zero-order chi connectivity index (χ0) is 20.9. The number of allylic oxidation sites excluding steroid dienone is 1. The summed E-state index contributed by atoms with van der Waals surface area (Å²) in [6, 6.07) is 2.68. The summed E-state index contributed by atoms with van der Waals surface area (Å²) < 4.78 is 12.0. The molecule has 0 aromatic rings. The maximum Gasteiger partial charge on any atom is 0.106 e. The Morgan fingerprint density at radius 1 is 1.20 bits per heavy atom. The summed E-state index contributed by atoms with van der Waals surface area (Å²) >= 11 is 6.23. The summed E-state index contributed by atoms with van der Waals surface area (Å²) in [6.45, 7) is 1.66. The molecule has 0 radical (unpaired) electrons. The van der Waals surface area contributed by atoms with Gasteiger partial charge in [0.1, 0.15) is 12.2 Å². The Hall–Kier alpha value is -1.16. The summed E-state index contributed by atoms with van der Waals surface area (Å²) in [5, 5.41) is 16.7. The Morgan fingerprint density at radius 2 is 2.03 bits per heavy atom. The zero-order valence-electron chi connectivity index (χ0n) is 17.9. The number of methoxy groups -OCH3 is 1. The van der Waals surface area contributed by atoms with Gasteiger partial charge in [-0.25, -0.2) is 0 Å². The van der Waals surface area contributed by atoms with Crippen molar-refractivity contribution in [1.82, 2.24) is 10.6 Å². The second-order valence-corrected chi connectivity index (χ2v) is 9.70. The molecule has 0 spiro atoms. The van der Waals surface area contributed by atoms with Crippen molar-refractivity contribution in [2.75, 3.05) is 20.3 Å². The van der Waals surface area contributed by atoms with Crippen LogP contribution in [0.15, 0.2) is 35.5 Å². The molecule has 1 saturated carbocycles. The molecule has 4 aliphatic rings. The number of nitriles is 1. The van der Waals surface area contributed by atoms with Crippen molar-refractivity contribution in [3.05, 3.63) is 35.5 Å². The van der Waals surface area contributed by atoms with Gasteiger partial charge in [-0.2, -0.15) is 5.26 Å². The normalized spacial score (nSPS) is 39.3. The highest BCUT2D eigenvalue weighted by atomic mass is 35.5. The quantitative estimate of drug-likeness (QED) is 0.494. The molecule has 3 aliphatic carbocycles. The molecule has 5 nitrogen and oxygen atoms in total. The van der Waals surface area contributed by atoms with Crippen LogP contribution >= 0.6 is 11.6 Å². The lowest BCUT2D eigenvalue weighted by molar-refractivity contribution is -0.0287. The maximum absolute atomic E-state index is 9.06. The van der Waals surface area contributed by atoms with Crippen LogP contribution < -0.4 is 10.6 Å². The molecule has 1 heterocycles. The van der Waals surface area contributed by atoms with Crippen molar-refractivity contribution in [2.45, 2.75) is 74.7 Å². The Labute approximate surface area is 185 Å². The molecule has 0 amide bonds. The van der Waals surface area contributed by atoms with E-state index in [1.165, 1.54) is 11.1 Å². The van der Waals surface area contributed by atoms with E-state index < -0.39 is 0 Å². The van der Waals surface area contributed by atoms with Crippen LogP contribution in [-0.2, 0) is 9.47 Å². The fourth-order valence-electron chi connectivity index (χ4n) is 5.04. The second-order valence-electron chi connectivity index (χ2n) is 9.08. The molecule has 0 bridgehead atoms. The zero-order valence-corrected chi connectivity index (χ0v) is 18.6. The van der Waals surface area contributed by atoms with Crippen molar-refractivity contribution in [2.24, 2.45) is 11.8 Å². The van der Waals surface area contributed by atoms with Crippen molar-refractivity contribution >= 4 is 11.6 Å². The van der Waals surface area contributed by atoms with Gasteiger partial charge in [0.2, 0.25) is 0 Å². The third-order valence-electron chi connectivity index (χ3n) is 7.03. The van der Waals surface area contributed by atoms with Gasteiger partial charge in [0, 0.05) is 31.0 Å². The van der Waals surface area contributed by atoms with E-state index in [9.17, 15) is 0 Å². The standard InChI is InChI=1S/C24H34ClN3O2/c1-29-23-12-19(21-14-27-24(28-21)18-6-9-20(25)10-7-18)8-11-22(23)30-15-17-4-2-16(13-26)3-5-17/h6,8,11-12,16-17,20-24,27-28H,2-5,7,9-10,14-15H2,1H3/t16?,17?,20?,21?,22-,23?,24?/m1/s1. The summed E-state index contributed by atoms with van der Waals surface area (Å²) in [6.07, 6.45) is 16.3. The van der Waals surface area contributed by atoms with Gasteiger partial charge in [-0.1, -0.05) is 18.2 Å². The van der Waals surface area contributed by atoms with Gasteiger partial charge >= 0.3 is 0 Å². The van der Waals surface area contributed by atoms with E-state index in [0.717, 1.165) is 58.1 Å². The highest BCUT2D eigenvalue weighted by Crippen LogP contribution is 2.30. The summed E-state index contributed by atoms with van der Waals surface area (Å²) in [7, 11) is 1.75. The topological polar surface area (TPSA) is 66.3 Å². The maximum atomic E-state index is 9.06. The van der Waals surface area contributed by atoms with Crippen molar-refractivity contribution in [3.63, 3.8) is 0 Å². The lowest BCUT2D eigenvalue weighted by Crippen LogP contribution is -2.38. The van der Waals surface area contributed by atoms with E-state index in [0.29, 0.717) is 5.92 Å². The number of alkyl halides is 1. The fraction of sp³-hybridized carbons (Fsp3) is 0.708. The molecule has 4 rings (SSSR count). The molecule has 2 fully saturated rings. The van der Waals surface area contributed by atoms with Gasteiger partial charge in [0.15, 0.2) is 0 Å². The molecule has 164 valence electrons. The van der Waals surface area contributed by atoms with Crippen molar-refractivity contribution in [1.29, 1.82) is 5.26 Å². The molecule has 5 atom stereocenters. The second kappa shape index (κ2) is 10.4. The average Bonchev–Trinajstić information content (AvgIpc) is 3.28. The van der Waals surface area contributed by atoms with Crippen LogP contribution in [0.4, 0.5) is 0 Å². The number of hydrogen-bond donors (Lipinski definition) is 2. The number of ether oxygens (including phenoxy) is 2. The van der Waals surface area contributed by atoms with Crippen molar-refractivity contribution in [3.8, 4) is 6.07 Å². The van der Waals surface area contributed by atoms with Crippen LogP contribution in [0.1, 0.15) is 44.9 Å². The molecule has 30 heavy (non-hydrogen) atoms. The predicted octanol–water partition coefficient (Wildman–Crippen LogP) is 3.82.